The summed E-state index contributed by atoms with van der Waals surface area (Å²) in [7, 11) is 3.87. The molecule has 0 aliphatic carbocycles. The van der Waals surface area contributed by atoms with Gasteiger partial charge in [0.15, 0.2) is 0 Å². The van der Waals surface area contributed by atoms with Crippen LogP contribution in [0, 0.1) is 5.92 Å². The molecule has 1 saturated heterocycles. The molecule has 0 atom stereocenters. The lowest BCUT2D eigenvalue weighted by Gasteiger charge is -2.24. The summed E-state index contributed by atoms with van der Waals surface area (Å²) in [5.74, 6) is 0.931. The van der Waals surface area contributed by atoms with Crippen LogP contribution in [0.25, 0.3) is 0 Å². The number of hydrogen-bond acceptors (Lipinski definition) is 3. The summed E-state index contributed by atoms with van der Waals surface area (Å²) < 4.78 is 5.06. The van der Waals surface area contributed by atoms with Gasteiger partial charge in [-0.3, -0.25) is 4.90 Å². The van der Waals surface area contributed by atoms with Gasteiger partial charge in [0.05, 0.1) is 6.73 Å². The van der Waals surface area contributed by atoms with E-state index in [9.17, 15) is 0 Å². The third-order valence-electron chi connectivity index (χ3n) is 2.73. The Bertz CT molecular complexity index is 124. The van der Waals surface area contributed by atoms with Gasteiger partial charge < -0.3 is 10.1 Å². The Morgan fingerprint density at radius 3 is 2.69 bits per heavy atom. The van der Waals surface area contributed by atoms with Gasteiger partial charge in [0.25, 0.3) is 0 Å². The summed E-state index contributed by atoms with van der Waals surface area (Å²) in [5.41, 5.74) is 0. The molecule has 0 aromatic carbocycles. The molecule has 13 heavy (non-hydrogen) atoms. The number of piperidine rings is 1. The van der Waals surface area contributed by atoms with Crippen LogP contribution in [0.15, 0.2) is 0 Å². The smallest absolute Gasteiger partial charge is 0.0983 e. The first-order valence-corrected chi connectivity index (χ1v) is 5.21. The fraction of sp³-hybridized carbons (Fsp3) is 1.00. The third kappa shape index (κ3) is 4.60. The fourth-order valence-electron chi connectivity index (χ4n) is 1.86. The minimum absolute atomic E-state index is 0.755. The highest BCUT2D eigenvalue weighted by Crippen LogP contribution is 2.15. The highest BCUT2D eigenvalue weighted by molar-refractivity contribution is 4.69. The number of rotatable bonds is 5. The first-order valence-electron chi connectivity index (χ1n) is 5.21. The van der Waals surface area contributed by atoms with Gasteiger partial charge in [-0.05, 0) is 45.3 Å². The normalized spacial score (nSPS) is 19.6. The SMILES string of the molecule is COCN(C)CCC1CCNCC1. The lowest BCUT2D eigenvalue weighted by Crippen LogP contribution is -2.30. The van der Waals surface area contributed by atoms with Gasteiger partial charge in [0.1, 0.15) is 0 Å². The van der Waals surface area contributed by atoms with E-state index in [1.807, 2.05) is 0 Å². The highest BCUT2D eigenvalue weighted by Gasteiger charge is 2.12. The van der Waals surface area contributed by atoms with Gasteiger partial charge in [0.2, 0.25) is 0 Å². The van der Waals surface area contributed by atoms with Crippen molar-refractivity contribution in [1.29, 1.82) is 0 Å². The predicted molar refractivity (Wildman–Crippen MR) is 54.7 cm³/mol. The second-order valence-corrected chi connectivity index (χ2v) is 3.98. The number of ether oxygens (including phenoxy) is 1. The van der Waals surface area contributed by atoms with E-state index < -0.39 is 0 Å². The van der Waals surface area contributed by atoms with Gasteiger partial charge in [-0.2, -0.15) is 0 Å². The molecule has 1 fully saturated rings. The van der Waals surface area contributed by atoms with Crippen molar-refractivity contribution in [3.05, 3.63) is 0 Å². The van der Waals surface area contributed by atoms with Crippen LogP contribution in [0.1, 0.15) is 19.3 Å². The second-order valence-electron chi connectivity index (χ2n) is 3.98. The van der Waals surface area contributed by atoms with Gasteiger partial charge in [-0.1, -0.05) is 0 Å². The Hall–Kier alpha value is -0.120. The van der Waals surface area contributed by atoms with E-state index in [1.165, 1.54) is 38.9 Å². The van der Waals surface area contributed by atoms with Crippen molar-refractivity contribution >= 4 is 0 Å². The lowest BCUT2D eigenvalue weighted by atomic mass is 9.95. The average Bonchev–Trinajstić information content (AvgIpc) is 2.17. The standard InChI is InChI=1S/C10H22N2O/c1-12(9-13-2)8-5-10-3-6-11-7-4-10/h10-11H,3-9H2,1-2H3. The van der Waals surface area contributed by atoms with E-state index in [-0.39, 0.29) is 0 Å². The first-order chi connectivity index (χ1) is 6.33. The molecular formula is C10H22N2O. The Kier molecular flexibility index (Phi) is 5.35. The number of hydrogen-bond donors (Lipinski definition) is 1. The van der Waals surface area contributed by atoms with Crippen molar-refractivity contribution in [2.75, 3.05) is 40.5 Å². The molecule has 1 rings (SSSR count). The molecule has 0 radical (unpaired) electrons. The average molecular weight is 186 g/mol. The lowest BCUT2D eigenvalue weighted by molar-refractivity contribution is 0.0767. The second kappa shape index (κ2) is 6.35. The van der Waals surface area contributed by atoms with Crippen molar-refractivity contribution in [2.45, 2.75) is 19.3 Å². The quantitative estimate of drug-likeness (QED) is 0.646. The molecule has 0 amide bonds. The molecule has 0 bridgehead atoms. The minimum atomic E-state index is 0.755. The summed E-state index contributed by atoms with van der Waals surface area (Å²) in [6.45, 7) is 4.33. The highest BCUT2D eigenvalue weighted by atomic mass is 16.5. The number of nitrogens with zero attached hydrogens (tertiary/aromatic N) is 1. The molecule has 1 N–H and O–H groups in total. The van der Waals surface area contributed by atoms with Crippen LogP contribution < -0.4 is 5.32 Å². The zero-order chi connectivity index (χ0) is 9.52. The van der Waals surface area contributed by atoms with Crippen LogP contribution in [-0.4, -0.2) is 45.4 Å². The summed E-state index contributed by atoms with van der Waals surface area (Å²) >= 11 is 0. The summed E-state index contributed by atoms with van der Waals surface area (Å²) in [6, 6.07) is 0. The van der Waals surface area contributed by atoms with E-state index in [4.69, 9.17) is 4.74 Å². The zero-order valence-electron chi connectivity index (χ0n) is 8.88. The first kappa shape index (κ1) is 11.0. The Morgan fingerprint density at radius 1 is 1.38 bits per heavy atom. The Balaban J connectivity index is 2.03. The molecular weight excluding hydrogens is 164 g/mol. The summed E-state index contributed by atoms with van der Waals surface area (Å²) in [4.78, 5) is 2.24. The largest absolute Gasteiger partial charge is 0.369 e. The van der Waals surface area contributed by atoms with Gasteiger partial charge >= 0.3 is 0 Å². The van der Waals surface area contributed by atoms with Crippen LogP contribution in [0.4, 0.5) is 0 Å². The summed E-state index contributed by atoms with van der Waals surface area (Å²) in [5, 5.41) is 3.39. The molecule has 1 heterocycles. The van der Waals surface area contributed by atoms with Gasteiger partial charge in [0, 0.05) is 13.7 Å². The van der Waals surface area contributed by atoms with E-state index in [0.29, 0.717) is 0 Å². The van der Waals surface area contributed by atoms with Crippen LogP contribution in [0.2, 0.25) is 0 Å². The Labute approximate surface area is 81.4 Å². The maximum Gasteiger partial charge on any atom is 0.0983 e. The Morgan fingerprint density at radius 2 is 2.08 bits per heavy atom. The molecule has 3 nitrogen and oxygen atoms in total. The van der Waals surface area contributed by atoms with E-state index in [1.54, 1.807) is 7.11 Å². The molecule has 0 aromatic rings. The van der Waals surface area contributed by atoms with E-state index in [0.717, 1.165) is 12.6 Å². The molecule has 0 spiro atoms. The van der Waals surface area contributed by atoms with Crippen molar-refractivity contribution < 1.29 is 4.74 Å². The predicted octanol–water partition coefficient (Wildman–Crippen LogP) is 0.912. The molecule has 0 aromatic heterocycles. The van der Waals surface area contributed by atoms with Crippen molar-refractivity contribution in [3.8, 4) is 0 Å². The van der Waals surface area contributed by atoms with E-state index >= 15 is 0 Å². The maximum atomic E-state index is 5.06. The topological polar surface area (TPSA) is 24.5 Å². The van der Waals surface area contributed by atoms with E-state index in [2.05, 4.69) is 17.3 Å². The third-order valence-corrected chi connectivity index (χ3v) is 2.73. The molecule has 78 valence electrons. The maximum absolute atomic E-state index is 5.06. The monoisotopic (exact) mass is 186 g/mol. The van der Waals surface area contributed by atoms with Crippen LogP contribution in [-0.2, 0) is 4.74 Å². The van der Waals surface area contributed by atoms with Crippen LogP contribution in [0.5, 0.6) is 0 Å². The van der Waals surface area contributed by atoms with Crippen LogP contribution in [0.3, 0.4) is 0 Å². The van der Waals surface area contributed by atoms with Crippen molar-refractivity contribution in [3.63, 3.8) is 0 Å². The molecule has 0 unspecified atom stereocenters. The molecule has 1 aliphatic rings. The van der Waals surface area contributed by atoms with Gasteiger partial charge in [-0.15, -0.1) is 0 Å². The van der Waals surface area contributed by atoms with Crippen LogP contribution >= 0.6 is 0 Å². The zero-order valence-corrected chi connectivity index (χ0v) is 8.88. The fourth-order valence-corrected chi connectivity index (χ4v) is 1.86. The number of methoxy groups -OCH3 is 1. The molecule has 3 heteroatoms. The van der Waals surface area contributed by atoms with Crippen molar-refractivity contribution in [2.24, 2.45) is 5.92 Å². The minimum Gasteiger partial charge on any atom is -0.369 e. The van der Waals surface area contributed by atoms with Gasteiger partial charge in [-0.25, -0.2) is 0 Å². The number of nitrogens with one attached hydrogen (secondary N) is 1. The molecule has 0 saturated carbocycles. The molecule has 1 aliphatic heterocycles. The van der Waals surface area contributed by atoms with Crippen molar-refractivity contribution in [1.82, 2.24) is 10.2 Å². The summed E-state index contributed by atoms with van der Waals surface area (Å²) in [6.07, 6.45) is 4.02.